The van der Waals surface area contributed by atoms with Gasteiger partial charge in [-0.1, -0.05) is 19.3 Å². The van der Waals surface area contributed by atoms with Crippen molar-refractivity contribution in [2.24, 2.45) is 5.92 Å². The summed E-state index contributed by atoms with van der Waals surface area (Å²) in [6, 6.07) is 0. The van der Waals surface area contributed by atoms with Gasteiger partial charge >= 0.3 is 17.9 Å². The maximum atomic E-state index is 11.9. The monoisotopic (exact) mass is 251 g/mol. The zero-order valence-electron chi connectivity index (χ0n) is 8.97. The highest BCUT2D eigenvalue weighted by Gasteiger charge is 2.44. The summed E-state index contributed by atoms with van der Waals surface area (Å²) in [5, 5.41) is 1.51. The van der Waals surface area contributed by atoms with Gasteiger partial charge < -0.3 is 0 Å². The fourth-order valence-electron chi connectivity index (χ4n) is 1.76. The Hall–Kier alpha value is -1.40. The van der Waals surface area contributed by atoms with E-state index < -0.39 is 29.7 Å². The van der Waals surface area contributed by atoms with E-state index in [1.807, 2.05) is 0 Å². The Kier molecular flexibility index (Phi) is 4.25. The first-order valence-electron chi connectivity index (χ1n) is 5.28. The highest BCUT2D eigenvalue weighted by Crippen LogP contribution is 2.23. The van der Waals surface area contributed by atoms with Crippen LogP contribution in [0, 0.1) is 5.92 Å². The number of Topliss-reactive ketones (excluding diaryl/α,β-unsaturated/α-hetero) is 1. The van der Waals surface area contributed by atoms with Gasteiger partial charge in [-0.25, -0.2) is 0 Å². The highest BCUT2D eigenvalue weighted by molar-refractivity contribution is 6.40. The molecule has 1 N–H and O–H groups in total. The van der Waals surface area contributed by atoms with Gasteiger partial charge in [0, 0.05) is 5.92 Å². The van der Waals surface area contributed by atoms with Gasteiger partial charge in [-0.15, -0.1) is 0 Å². The number of halogens is 3. The quantitative estimate of drug-likeness (QED) is 0.753. The molecule has 1 fully saturated rings. The van der Waals surface area contributed by atoms with Crippen LogP contribution in [0.25, 0.3) is 0 Å². The van der Waals surface area contributed by atoms with Crippen molar-refractivity contribution >= 4 is 17.6 Å². The number of carbonyl (C=O) groups excluding carboxylic acids is 3. The molecular formula is C10H12F3NO3. The van der Waals surface area contributed by atoms with Crippen LogP contribution in [0.3, 0.4) is 0 Å². The van der Waals surface area contributed by atoms with Gasteiger partial charge in [0.25, 0.3) is 0 Å². The van der Waals surface area contributed by atoms with Crippen LogP contribution >= 0.6 is 0 Å². The molecule has 1 aliphatic carbocycles. The van der Waals surface area contributed by atoms with E-state index in [1.54, 1.807) is 0 Å². The number of hydrogen-bond donors (Lipinski definition) is 1. The standard InChI is InChI=1S/C10H12F3NO3/c11-10(12,13)7(15)9(17)14-8(16)6-4-2-1-3-5-6/h6H,1-5H2,(H,14,16,17). The molecule has 0 saturated heterocycles. The lowest BCUT2D eigenvalue weighted by Gasteiger charge is -2.20. The largest absolute Gasteiger partial charge is 0.460 e. The third kappa shape index (κ3) is 3.83. The minimum Gasteiger partial charge on any atom is -0.289 e. The Labute approximate surface area is 95.5 Å². The minimum atomic E-state index is -5.24. The topological polar surface area (TPSA) is 63.2 Å². The van der Waals surface area contributed by atoms with Crippen LogP contribution in [-0.4, -0.2) is 23.8 Å². The number of imide groups is 1. The Bertz CT molecular complexity index is 332. The van der Waals surface area contributed by atoms with Gasteiger partial charge in [0.05, 0.1) is 0 Å². The molecule has 0 aromatic rings. The minimum absolute atomic E-state index is 0.464. The molecule has 0 unspecified atom stereocenters. The molecule has 0 aromatic heterocycles. The van der Waals surface area contributed by atoms with E-state index in [9.17, 15) is 27.6 Å². The van der Waals surface area contributed by atoms with Gasteiger partial charge in [-0.3, -0.25) is 19.7 Å². The highest BCUT2D eigenvalue weighted by atomic mass is 19.4. The van der Waals surface area contributed by atoms with Crippen molar-refractivity contribution in [1.82, 2.24) is 5.32 Å². The lowest BCUT2D eigenvalue weighted by Crippen LogP contribution is -2.45. The molecule has 4 nitrogen and oxygen atoms in total. The van der Waals surface area contributed by atoms with Crippen LogP contribution in [0.2, 0.25) is 0 Å². The number of hydrogen-bond acceptors (Lipinski definition) is 3. The Balaban J connectivity index is 2.51. The van der Waals surface area contributed by atoms with Gasteiger partial charge in [-0.2, -0.15) is 13.2 Å². The van der Waals surface area contributed by atoms with Crippen molar-refractivity contribution in [3.8, 4) is 0 Å². The summed E-state index contributed by atoms with van der Waals surface area (Å²) in [6.45, 7) is 0. The molecule has 0 aromatic carbocycles. The van der Waals surface area contributed by atoms with E-state index in [4.69, 9.17) is 0 Å². The van der Waals surface area contributed by atoms with Crippen LogP contribution in [0.15, 0.2) is 0 Å². The van der Waals surface area contributed by atoms with E-state index in [0.717, 1.165) is 19.3 Å². The zero-order chi connectivity index (χ0) is 13.1. The van der Waals surface area contributed by atoms with E-state index >= 15 is 0 Å². The van der Waals surface area contributed by atoms with Crippen molar-refractivity contribution in [2.75, 3.05) is 0 Å². The molecule has 0 heterocycles. The van der Waals surface area contributed by atoms with Gasteiger partial charge in [0.2, 0.25) is 5.91 Å². The number of rotatable bonds is 2. The molecule has 1 saturated carbocycles. The predicted octanol–water partition coefficient (Wildman–Crippen LogP) is 1.34. The number of alkyl halides is 3. The van der Waals surface area contributed by atoms with Gasteiger partial charge in [0.15, 0.2) is 0 Å². The molecule has 1 rings (SSSR count). The summed E-state index contributed by atoms with van der Waals surface area (Å²) < 4.78 is 35.6. The first-order valence-corrected chi connectivity index (χ1v) is 5.28. The molecule has 7 heteroatoms. The van der Waals surface area contributed by atoms with Gasteiger partial charge in [0.1, 0.15) is 0 Å². The molecule has 0 atom stereocenters. The summed E-state index contributed by atoms with van der Waals surface area (Å²) in [6.07, 6.45) is -1.58. The third-order valence-electron chi connectivity index (χ3n) is 2.68. The Morgan fingerprint density at radius 2 is 1.53 bits per heavy atom. The molecule has 0 radical (unpaired) electrons. The maximum absolute atomic E-state index is 11.9. The molecule has 0 bridgehead atoms. The molecular weight excluding hydrogens is 239 g/mol. The fourth-order valence-corrected chi connectivity index (χ4v) is 1.76. The van der Waals surface area contributed by atoms with E-state index in [-0.39, 0.29) is 0 Å². The number of nitrogens with one attached hydrogen (secondary N) is 1. The molecule has 17 heavy (non-hydrogen) atoms. The Morgan fingerprint density at radius 1 is 1.00 bits per heavy atom. The van der Waals surface area contributed by atoms with Crippen LogP contribution in [0.1, 0.15) is 32.1 Å². The lowest BCUT2D eigenvalue weighted by molar-refractivity contribution is -0.175. The Morgan fingerprint density at radius 3 is 2.00 bits per heavy atom. The van der Waals surface area contributed by atoms with Crippen molar-refractivity contribution in [2.45, 2.75) is 38.3 Å². The normalized spacial score (nSPS) is 17.6. The van der Waals surface area contributed by atoms with Crippen molar-refractivity contribution < 1.29 is 27.6 Å². The average molecular weight is 251 g/mol. The number of carbonyl (C=O) groups is 3. The molecule has 0 aliphatic heterocycles. The van der Waals surface area contributed by atoms with Crippen LogP contribution in [0.5, 0.6) is 0 Å². The first-order chi connectivity index (χ1) is 7.82. The second kappa shape index (κ2) is 5.29. The fraction of sp³-hybridized carbons (Fsp3) is 0.700. The molecule has 96 valence electrons. The second-order valence-electron chi connectivity index (χ2n) is 3.98. The summed E-state index contributed by atoms with van der Waals surface area (Å²) >= 11 is 0. The SMILES string of the molecule is O=C(NC(=O)C1CCCCC1)C(=O)C(F)(F)F. The first kappa shape index (κ1) is 13.7. The smallest absolute Gasteiger partial charge is 0.289 e. The van der Waals surface area contributed by atoms with Gasteiger partial charge in [-0.05, 0) is 12.8 Å². The summed E-state index contributed by atoms with van der Waals surface area (Å²) in [5.74, 6) is -5.68. The van der Waals surface area contributed by atoms with E-state index in [2.05, 4.69) is 0 Å². The van der Waals surface area contributed by atoms with Crippen molar-refractivity contribution in [3.05, 3.63) is 0 Å². The third-order valence-corrected chi connectivity index (χ3v) is 2.68. The zero-order valence-corrected chi connectivity index (χ0v) is 8.97. The lowest BCUT2D eigenvalue weighted by atomic mass is 9.88. The second-order valence-corrected chi connectivity index (χ2v) is 3.98. The molecule has 1 aliphatic rings. The number of ketones is 1. The van der Waals surface area contributed by atoms with Crippen molar-refractivity contribution in [3.63, 3.8) is 0 Å². The molecule has 0 spiro atoms. The maximum Gasteiger partial charge on any atom is 0.460 e. The van der Waals surface area contributed by atoms with Crippen LogP contribution in [0.4, 0.5) is 13.2 Å². The average Bonchev–Trinajstić information content (AvgIpc) is 2.27. The van der Waals surface area contributed by atoms with Crippen LogP contribution < -0.4 is 5.32 Å². The predicted molar refractivity (Wildman–Crippen MR) is 50.8 cm³/mol. The van der Waals surface area contributed by atoms with Crippen molar-refractivity contribution in [1.29, 1.82) is 0 Å². The summed E-state index contributed by atoms with van der Waals surface area (Å²) in [5.41, 5.74) is 0. The molecule has 2 amide bonds. The summed E-state index contributed by atoms with van der Waals surface area (Å²) in [7, 11) is 0. The summed E-state index contributed by atoms with van der Waals surface area (Å²) in [4.78, 5) is 32.7. The van der Waals surface area contributed by atoms with Crippen LogP contribution in [-0.2, 0) is 14.4 Å². The number of amides is 2. The van der Waals surface area contributed by atoms with E-state index in [1.165, 1.54) is 5.32 Å². The van der Waals surface area contributed by atoms with E-state index in [0.29, 0.717) is 12.8 Å².